The first-order chi connectivity index (χ1) is 10.7. The Bertz CT molecular complexity index is 655. The van der Waals surface area contributed by atoms with Crippen molar-refractivity contribution in [2.24, 2.45) is 7.05 Å². The van der Waals surface area contributed by atoms with Crippen molar-refractivity contribution in [3.8, 4) is 0 Å². The van der Waals surface area contributed by atoms with E-state index in [1.165, 1.54) is 11.1 Å². The summed E-state index contributed by atoms with van der Waals surface area (Å²) >= 11 is 1.91. The molecular weight excluding hydrogens is 296 g/mol. The summed E-state index contributed by atoms with van der Waals surface area (Å²) in [5.74, 6) is 1.95. The van der Waals surface area contributed by atoms with Crippen molar-refractivity contribution in [1.82, 2.24) is 20.2 Å². The summed E-state index contributed by atoms with van der Waals surface area (Å²) in [7, 11) is 1.91. The molecule has 1 atom stereocenters. The predicted molar refractivity (Wildman–Crippen MR) is 88.8 cm³/mol. The molecular formula is C16H20N4OS. The first kappa shape index (κ1) is 15.0. The maximum atomic E-state index is 11.9. The third kappa shape index (κ3) is 3.44. The van der Waals surface area contributed by atoms with Gasteiger partial charge in [0.25, 0.3) is 0 Å². The van der Waals surface area contributed by atoms with E-state index in [4.69, 9.17) is 0 Å². The van der Waals surface area contributed by atoms with Gasteiger partial charge in [0.15, 0.2) is 0 Å². The molecule has 2 heterocycles. The summed E-state index contributed by atoms with van der Waals surface area (Å²) in [6, 6.07) is 8.35. The van der Waals surface area contributed by atoms with E-state index in [0.29, 0.717) is 18.3 Å². The summed E-state index contributed by atoms with van der Waals surface area (Å²) in [5, 5.41) is 6.15. The first-order valence-electron chi connectivity index (χ1n) is 7.41. The minimum Gasteiger partial charge on any atom is -0.337 e. The Morgan fingerprint density at radius 1 is 1.41 bits per heavy atom. The average molecular weight is 316 g/mol. The van der Waals surface area contributed by atoms with Crippen LogP contribution in [0.5, 0.6) is 0 Å². The van der Waals surface area contributed by atoms with Gasteiger partial charge in [0, 0.05) is 31.2 Å². The lowest BCUT2D eigenvalue weighted by Gasteiger charge is -2.25. The van der Waals surface area contributed by atoms with Crippen LogP contribution in [0.2, 0.25) is 0 Å². The van der Waals surface area contributed by atoms with E-state index >= 15 is 0 Å². The number of amides is 2. The van der Waals surface area contributed by atoms with Crippen LogP contribution in [0.25, 0.3) is 0 Å². The van der Waals surface area contributed by atoms with Crippen molar-refractivity contribution in [2.45, 2.75) is 18.2 Å². The van der Waals surface area contributed by atoms with Gasteiger partial charge in [-0.3, -0.25) is 0 Å². The quantitative estimate of drug-likeness (QED) is 0.909. The Hall–Kier alpha value is -1.95. The van der Waals surface area contributed by atoms with E-state index in [0.717, 1.165) is 18.0 Å². The number of nitrogens with one attached hydrogen (secondary N) is 2. The minimum absolute atomic E-state index is 0.147. The Balaban J connectivity index is 1.51. The van der Waals surface area contributed by atoms with E-state index in [9.17, 15) is 4.79 Å². The Morgan fingerprint density at radius 3 is 3.09 bits per heavy atom. The monoisotopic (exact) mass is 316 g/mol. The van der Waals surface area contributed by atoms with Gasteiger partial charge in [-0.2, -0.15) is 11.8 Å². The van der Waals surface area contributed by atoms with Gasteiger partial charge in [0.05, 0.1) is 6.54 Å². The second-order valence-corrected chi connectivity index (χ2v) is 6.64. The van der Waals surface area contributed by atoms with Crippen LogP contribution in [0, 0.1) is 0 Å². The van der Waals surface area contributed by atoms with Crippen LogP contribution in [0.4, 0.5) is 4.79 Å². The highest BCUT2D eigenvalue weighted by Crippen LogP contribution is 2.35. The van der Waals surface area contributed by atoms with Gasteiger partial charge in [0.1, 0.15) is 5.82 Å². The molecule has 0 saturated carbocycles. The molecule has 0 fully saturated rings. The Labute approximate surface area is 134 Å². The molecule has 116 valence electrons. The van der Waals surface area contributed by atoms with Gasteiger partial charge in [0.2, 0.25) is 0 Å². The van der Waals surface area contributed by atoms with Crippen molar-refractivity contribution in [3.63, 3.8) is 0 Å². The number of imidazole rings is 1. The molecule has 6 heteroatoms. The Morgan fingerprint density at radius 2 is 2.27 bits per heavy atom. The second kappa shape index (κ2) is 6.87. The van der Waals surface area contributed by atoms with E-state index in [2.05, 4.69) is 39.9 Å². The van der Waals surface area contributed by atoms with Crippen molar-refractivity contribution in [1.29, 1.82) is 0 Å². The number of carbonyl (C=O) groups is 1. The molecule has 2 aromatic rings. The standard InChI is InChI=1S/C16H20N4OS/c1-20-8-7-17-15(20)11-19-16(21)18-10-14-13-5-3-2-4-12(13)6-9-22-14/h2-5,7-8,14H,6,9-11H2,1H3,(H2,18,19,21). The zero-order valence-corrected chi connectivity index (χ0v) is 13.4. The molecule has 5 nitrogen and oxygen atoms in total. The average Bonchev–Trinajstić information content (AvgIpc) is 2.96. The third-order valence-electron chi connectivity index (χ3n) is 3.87. The molecule has 1 aromatic heterocycles. The maximum absolute atomic E-state index is 11.9. The molecule has 3 rings (SSSR count). The number of nitrogens with zero attached hydrogens (tertiary/aromatic N) is 2. The molecule has 1 aliphatic heterocycles. The van der Waals surface area contributed by atoms with Gasteiger partial charge in [-0.1, -0.05) is 24.3 Å². The van der Waals surface area contributed by atoms with Crippen LogP contribution >= 0.6 is 11.8 Å². The van der Waals surface area contributed by atoms with Crippen LogP contribution in [-0.2, 0) is 20.0 Å². The molecule has 0 bridgehead atoms. The lowest BCUT2D eigenvalue weighted by molar-refractivity contribution is 0.240. The fourth-order valence-electron chi connectivity index (χ4n) is 2.62. The zero-order valence-electron chi connectivity index (χ0n) is 12.6. The number of aryl methyl sites for hydroxylation is 2. The number of hydrogen-bond acceptors (Lipinski definition) is 3. The van der Waals surface area contributed by atoms with Gasteiger partial charge in [-0.15, -0.1) is 0 Å². The molecule has 0 spiro atoms. The van der Waals surface area contributed by atoms with Crippen LogP contribution in [0.1, 0.15) is 22.2 Å². The van der Waals surface area contributed by atoms with E-state index in [1.807, 2.05) is 29.6 Å². The minimum atomic E-state index is -0.147. The highest BCUT2D eigenvalue weighted by molar-refractivity contribution is 7.99. The molecule has 0 radical (unpaired) electrons. The molecule has 0 saturated heterocycles. The number of rotatable bonds is 4. The van der Waals surface area contributed by atoms with Crippen LogP contribution in [-0.4, -0.2) is 27.9 Å². The summed E-state index contributed by atoms with van der Waals surface area (Å²) in [4.78, 5) is 16.1. The third-order valence-corrected chi connectivity index (χ3v) is 5.13. The zero-order chi connectivity index (χ0) is 15.4. The number of thioether (sulfide) groups is 1. The first-order valence-corrected chi connectivity index (χ1v) is 8.46. The second-order valence-electron chi connectivity index (χ2n) is 5.33. The van der Waals surface area contributed by atoms with Crippen LogP contribution in [0.15, 0.2) is 36.7 Å². The topological polar surface area (TPSA) is 59.0 Å². The highest BCUT2D eigenvalue weighted by atomic mass is 32.2. The summed E-state index contributed by atoms with van der Waals surface area (Å²) < 4.78 is 1.90. The largest absolute Gasteiger partial charge is 0.337 e. The van der Waals surface area contributed by atoms with Gasteiger partial charge < -0.3 is 15.2 Å². The smallest absolute Gasteiger partial charge is 0.315 e. The molecule has 22 heavy (non-hydrogen) atoms. The maximum Gasteiger partial charge on any atom is 0.315 e. The predicted octanol–water partition coefficient (Wildman–Crippen LogP) is 2.25. The van der Waals surface area contributed by atoms with Crippen molar-refractivity contribution in [2.75, 3.05) is 12.3 Å². The summed E-state index contributed by atoms with van der Waals surface area (Å²) in [6.07, 6.45) is 4.71. The lowest BCUT2D eigenvalue weighted by Crippen LogP contribution is -2.38. The Kier molecular flexibility index (Phi) is 4.68. The molecule has 2 N–H and O–H groups in total. The van der Waals surface area contributed by atoms with Gasteiger partial charge >= 0.3 is 6.03 Å². The molecule has 1 aromatic carbocycles. The van der Waals surface area contributed by atoms with Gasteiger partial charge in [-0.25, -0.2) is 9.78 Å². The number of urea groups is 1. The van der Waals surface area contributed by atoms with E-state index in [-0.39, 0.29) is 6.03 Å². The molecule has 1 aliphatic rings. The van der Waals surface area contributed by atoms with Crippen molar-refractivity contribution >= 4 is 17.8 Å². The molecule has 2 amide bonds. The van der Waals surface area contributed by atoms with E-state index in [1.54, 1.807) is 6.20 Å². The summed E-state index contributed by atoms with van der Waals surface area (Å²) in [6.45, 7) is 1.08. The van der Waals surface area contributed by atoms with Crippen molar-refractivity contribution < 1.29 is 4.79 Å². The van der Waals surface area contributed by atoms with Crippen LogP contribution < -0.4 is 10.6 Å². The molecule has 0 aliphatic carbocycles. The molecule has 1 unspecified atom stereocenters. The lowest BCUT2D eigenvalue weighted by atomic mass is 10.0. The van der Waals surface area contributed by atoms with E-state index < -0.39 is 0 Å². The fourth-order valence-corrected chi connectivity index (χ4v) is 3.85. The van der Waals surface area contributed by atoms with Gasteiger partial charge in [-0.05, 0) is 23.3 Å². The number of hydrogen-bond donors (Lipinski definition) is 2. The van der Waals surface area contributed by atoms with Crippen LogP contribution in [0.3, 0.4) is 0 Å². The summed E-state index contributed by atoms with van der Waals surface area (Å²) in [5.41, 5.74) is 2.75. The number of carbonyl (C=O) groups excluding carboxylic acids is 1. The fraction of sp³-hybridized carbons (Fsp3) is 0.375. The van der Waals surface area contributed by atoms with Crippen molar-refractivity contribution in [3.05, 3.63) is 53.6 Å². The normalized spacial score (nSPS) is 16.9. The number of benzene rings is 1. The highest BCUT2D eigenvalue weighted by Gasteiger charge is 2.20. The number of aromatic nitrogens is 2. The number of fused-ring (bicyclic) bond motifs is 1. The SMILES string of the molecule is Cn1ccnc1CNC(=O)NCC1SCCc2ccccc21.